The van der Waals surface area contributed by atoms with E-state index in [-0.39, 0.29) is 0 Å². The number of benzene rings is 2. The van der Waals surface area contributed by atoms with E-state index in [0.29, 0.717) is 16.5 Å². The number of hydrogen-bond donors (Lipinski definition) is 1. The third-order valence-electron chi connectivity index (χ3n) is 4.09. The van der Waals surface area contributed by atoms with E-state index >= 15 is 0 Å². The first-order valence-corrected chi connectivity index (χ1v) is 7.76. The van der Waals surface area contributed by atoms with Gasteiger partial charge in [0, 0.05) is 21.5 Å². The fraction of sp³-hybridized carbons (Fsp3) is 0.211. The van der Waals surface area contributed by atoms with Crippen LogP contribution in [-0.2, 0) is 0 Å². The Balaban J connectivity index is 2.22. The number of H-pyrrole nitrogens is 1. The minimum Gasteiger partial charge on any atom is -0.354 e. The Hall–Kier alpha value is -2.06. The van der Waals surface area contributed by atoms with E-state index in [1.165, 1.54) is 5.56 Å². The van der Waals surface area contributed by atoms with Gasteiger partial charge in [0.25, 0.3) is 0 Å². The molecule has 0 unspecified atom stereocenters. The zero-order chi connectivity index (χ0) is 15.9. The first-order chi connectivity index (χ1) is 10.5. The van der Waals surface area contributed by atoms with Crippen LogP contribution >= 0.6 is 11.6 Å². The summed E-state index contributed by atoms with van der Waals surface area (Å²) in [4.78, 5) is 15.0. The molecule has 0 radical (unpaired) electrons. The number of halogens is 1. The van der Waals surface area contributed by atoms with Crippen LogP contribution in [0.3, 0.4) is 0 Å². The minimum atomic E-state index is 0.489. The zero-order valence-corrected chi connectivity index (χ0v) is 13.7. The molecule has 1 N–H and O–H groups in total. The summed E-state index contributed by atoms with van der Waals surface area (Å²) in [6.07, 6.45) is 0.903. The molecule has 0 fully saturated rings. The molecule has 0 aliphatic carbocycles. The smallest absolute Gasteiger partial charge is 0.152 e. The Kier molecular flexibility index (Phi) is 3.79. The van der Waals surface area contributed by atoms with Crippen molar-refractivity contribution in [1.29, 1.82) is 0 Å². The highest BCUT2D eigenvalue weighted by Gasteiger charge is 2.15. The van der Waals surface area contributed by atoms with E-state index in [0.717, 1.165) is 34.0 Å². The monoisotopic (exact) mass is 311 g/mol. The molecule has 0 bridgehead atoms. The average molecular weight is 312 g/mol. The molecule has 0 aliphatic heterocycles. The van der Waals surface area contributed by atoms with Crippen LogP contribution in [0.2, 0.25) is 5.02 Å². The van der Waals surface area contributed by atoms with E-state index in [1.54, 1.807) is 0 Å². The van der Waals surface area contributed by atoms with Crippen molar-refractivity contribution >= 4 is 28.8 Å². The number of fused-ring (bicyclic) bond motifs is 1. The van der Waals surface area contributed by atoms with Gasteiger partial charge in [-0.2, -0.15) is 0 Å². The molecule has 0 amide bonds. The SMILES string of the molecule is Cc1cc(Cl)cc2c(C=O)c(-c3ccc(C(C)C)cc3)[nH]c12. The predicted molar refractivity (Wildman–Crippen MR) is 93.0 cm³/mol. The number of rotatable bonds is 3. The van der Waals surface area contributed by atoms with Gasteiger partial charge in [0.1, 0.15) is 0 Å². The number of aromatic nitrogens is 1. The van der Waals surface area contributed by atoms with Crippen LogP contribution in [0.4, 0.5) is 0 Å². The van der Waals surface area contributed by atoms with Crippen LogP contribution in [0.15, 0.2) is 36.4 Å². The lowest BCUT2D eigenvalue weighted by Crippen LogP contribution is -1.88. The Morgan fingerprint density at radius 1 is 1.14 bits per heavy atom. The van der Waals surface area contributed by atoms with Crippen molar-refractivity contribution < 1.29 is 4.79 Å². The lowest BCUT2D eigenvalue weighted by molar-refractivity contribution is 0.112. The van der Waals surface area contributed by atoms with Crippen LogP contribution in [0, 0.1) is 6.92 Å². The molecule has 3 heteroatoms. The number of hydrogen-bond acceptors (Lipinski definition) is 1. The van der Waals surface area contributed by atoms with Gasteiger partial charge < -0.3 is 4.98 Å². The number of aryl methyl sites for hydroxylation is 1. The normalized spacial score (nSPS) is 11.3. The summed E-state index contributed by atoms with van der Waals surface area (Å²) < 4.78 is 0. The van der Waals surface area contributed by atoms with Crippen molar-refractivity contribution in [2.45, 2.75) is 26.7 Å². The molecule has 3 aromatic rings. The summed E-state index contributed by atoms with van der Waals surface area (Å²) in [7, 11) is 0. The van der Waals surface area contributed by atoms with Gasteiger partial charge in [-0.05, 0) is 41.7 Å². The van der Waals surface area contributed by atoms with Gasteiger partial charge in [0.15, 0.2) is 6.29 Å². The molecular weight excluding hydrogens is 294 g/mol. The van der Waals surface area contributed by atoms with Crippen molar-refractivity contribution in [3.05, 3.63) is 58.1 Å². The van der Waals surface area contributed by atoms with E-state index in [4.69, 9.17) is 11.6 Å². The predicted octanol–water partition coefficient (Wildman–Crippen LogP) is 5.73. The second kappa shape index (κ2) is 5.62. The first-order valence-electron chi connectivity index (χ1n) is 7.38. The van der Waals surface area contributed by atoms with Gasteiger partial charge in [-0.25, -0.2) is 0 Å². The highest BCUT2D eigenvalue weighted by Crippen LogP contribution is 2.33. The molecule has 1 heterocycles. The third-order valence-corrected chi connectivity index (χ3v) is 4.31. The second-order valence-electron chi connectivity index (χ2n) is 5.95. The van der Waals surface area contributed by atoms with Gasteiger partial charge in [-0.3, -0.25) is 4.79 Å². The van der Waals surface area contributed by atoms with E-state index in [2.05, 4.69) is 43.1 Å². The molecule has 0 aliphatic rings. The Bertz CT molecular complexity index is 844. The summed E-state index contributed by atoms with van der Waals surface area (Å²) in [6, 6.07) is 12.1. The Labute approximate surface area is 135 Å². The Morgan fingerprint density at radius 2 is 1.82 bits per heavy atom. The summed E-state index contributed by atoms with van der Waals surface area (Å²) >= 11 is 6.13. The average Bonchev–Trinajstić information content (AvgIpc) is 2.86. The van der Waals surface area contributed by atoms with E-state index in [1.807, 2.05) is 19.1 Å². The molecule has 0 saturated heterocycles. The van der Waals surface area contributed by atoms with Crippen molar-refractivity contribution in [2.75, 3.05) is 0 Å². The van der Waals surface area contributed by atoms with Crippen LogP contribution in [0.1, 0.15) is 41.3 Å². The minimum absolute atomic E-state index is 0.489. The maximum absolute atomic E-state index is 11.6. The van der Waals surface area contributed by atoms with Gasteiger partial charge in [-0.15, -0.1) is 0 Å². The molecule has 0 saturated carbocycles. The summed E-state index contributed by atoms with van der Waals surface area (Å²) in [5.74, 6) is 0.489. The number of aldehydes is 1. The van der Waals surface area contributed by atoms with Crippen molar-refractivity contribution in [1.82, 2.24) is 4.98 Å². The molecule has 3 rings (SSSR count). The lowest BCUT2D eigenvalue weighted by Gasteiger charge is -2.06. The highest BCUT2D eigenvalue weighted by atomic mass is 35.5. The molecule has 0 atom stereocenters. The number of carbonyl (C=O) groups excluding carboxylic acids is 1. The summed E-state index contributed by atoms with van der Waals surface area (Å²) in [5.41, 5.74) is 5.82. The molecule has 1 aromatic heterocycles. The molecule has 22 heavy (non-hydrogen) atoms. The molecule has 0 spiro atoms. The van der Waals surface area contributed by atoms with Gasteiger partial charge in [-0.1, -0.05) is 49.7 Å². The molecule has 2 aromatic carbocycles. The first kappa shape index (κ1) is 14.9. The largest absolute Gasteiger partial charge is 0.354 e. The van der Waals surface area contributed by atoms with E-state index in [9.17, 15) is 4.79 Å². The number of nitrogens with one attached hydrogen (secondary N) is 1. The quantitative estimate of drug-likeness (QED) is 0.615. The van der Waals surface area contributed by atoms with Gasteiger partial charge in [0.05, 0.1) is 5.69 Å². The number of aromatic amines is 1. The zero-order valence-electron chi connectivity index (χ0n) is 12.9. The van der Waals surface area contributed by atoms with Gasteiger partial charge >= 0.3 is 0 Å². The molecule has 2 nitrogen and oxygen atoms in total. The standard InChI is InChI=1S/C19H18ClNO/c1-11(2)13-4-6-14(7-5-13)19-17(10-22)16-9-15(20)8-12(3)18(16)21-19/h4-11,21H,1-3H3. The van der Waals surface area contributed by atoms with Crippen LogP contribution < -0.4 is 0 Å². The fourth-order valence-corrected chi connectivity index (χ4v) is 3.11. The number of carbonyl (C=O) groups is 1. The maximum Gasteiger partial charge on any atom is 0.152 e. The lowest BCUT2D eigenvalue weighted by atomic mass is 9.99. The topological polar surface area (TPSA) is 32.9 Å². The fourth-order valence-electron chi connectivity index (χ4n) is 2.83. The maximum atomic E-state index is 11.6. The van der Waals surface area contributed by atoms with E-state index < -0.39 is 0 Å². The van der Waals surface area contributed by atoms with Crippen molar-refractivity contribution in [3.8, 4) is 11.3 Å². The second-order valence-corrected chi connectivity index (χ2v) is 6.39. The van der Waals surface area contributed by atoms with Crippen LogP contribution in [-0.4, -0.2) is 11.3 Å². The van der Waals surface area contributed by atoms with Crippen LogP contribution in [0.25, 0.3) is 22.2 Å². The van der Waals surface area contributed by atoms with Crippen molar-refractivity contribution in [2.24, 2.45) is 0 Å². The Morgan fingerprint density at radius 3 is 2.41 bits per heavy atom. The van der Waals surface area contributed by atoms with Crippen molar-refractivity contribution in [3.63, 3.8) is 0 Å². The van der Waals surface area contributed by atoms with Crippen LogP contribution in [0.5, 0.6) is 0 Å². The van der Waals surface area contributed by atoms with Gasteiger partial charge in [0.2, 0.25) is 0 Å². The highest BCUT2D eigenvalue weighted by molar-refractivity contribution is 6.31. The molecule has 112 valence electrons. The third kappa shape index (κ3) is 2.44. The molecular formula is C19H18ClNO. The summed E-state index contributed by atoms with van der Waals surface area (Å²) in [6.45, 7) is 6.32. The summed E-state index contributed by atoms with van der Waals surface area (Å²) in [5, 5.41) is 1.52.